The van der Waals surface area contributed by atoms with Crippen LogP contribution in [0, 0.1) is 0 Å². The molecule has 0 aliphatic rings. The second kappa shape index (κ2) is 6.33. The minimum Gasteiger partial charge on any atom is -0.492 e. The molecule has 1 aromatic carbocycles. The van der Waals surface area contributed by atoms with Crippen molar-refractivity contribution in [1.29, 1.82) is 0 Å². The fourth-order valence-electron chi connectivity index (χ4n) is 1.37. The lowest BCUT2D eigenvalue weighted by Gasteiger charge is -2.19. The molecular formula is C13H18Cl2O3S. The van der Waals surface area contributed by atoms with E-state index in [4.69, 9.17) is 27.9 Å². The molecule has 0 fully saturated rings. The van der Waals surface area contributed by atoms with Gasteiger partial charge in [-0.3, -0.25) is 0 Å². The van der Waals surface area contributed by atoms with Gasteiger partial charge in [0.25, 0.3) is 0 Å². The van der Waals surface area contributed by atoms with Gasteiger partial charge in [-0.2, -0.15) is 0 Å². The van der Waals surface area contributed by atoms with Crippen molar-refractivity contribution in [3.8, 4) is 5.75 Å². The van der Waals surface area contributed by atoms with Crippen molar-refractivity contribution in [3.05, 3.63) is 28.8 Å². The van der Waals surface area contributed by atoms with Crippen molar-refractivity contribution < 1.29 is 13.2 Å². The van der Waals surface area contributed by atoms with Crippen LogP contribution < -0.4 is 4.74 Å². The van der Waals surface area contributed by atoms with Crippen LogP contribution in [0.4, 0.5) is 0 Å². The van der Waals surface area contributed by atoms with E-state index in [0.29, 0.717) is 16.3 Å². The third-order valence-electron chi connectivity index (χ3n) is 2.75. The molecule has 1 aromatic rings. The lowest BCUT2D eigenvalue weighted by Crippen LogP contribution is -2.32. The molecule has 0 heterocycles. The summed E-state index contributed by atoms with van der Waals surface area (Å²) in [6.07, 6.45) is 0. The molecule has 19 heavy (non-hydrogen) atoms. The van der Waals surface area contributed by atoms with E-state index in [-0.39, 0.29) is 18.2 Å². The van der Waals surface area contributed by atoms with Crippen LogP contribution in [0.25, 0.3) is 0 Å². The van der Waals surface area contributed by atoms with Crippen LogP contribution >= 0.6 is 23.2 Å². The lowest BCUT2D eigenvalue weighted by atomic mass is 10.2. The molecule has 0 spiro atoms. The van der Waals surface area contributed by atoms with E-state index in [1.54, 1.807) is 39.0 Å². The summed E-state index contributed by atoms with van der Waals surface area (Å²) in [5.41, 5.74) is 0.680. The monoisotopic (exact) mass is 324 g/mol. The molecule has 0 N–H and O–H groups in total. The predicted octanol–water partition coefficient (Wildman–Crippen LogP) is 3.67. The molecule has 3 nitrogen and oxygen atoms in total. The molecule has 0 radical (unpaired) electrons. The normalized spacial score (nSPS) is 12.5. The molecule has 1 rings (SSSR count). The van der Waals surface area contributed by atoms with Crippen LogP contribution in [0.3, 0.4) is 0 Å². The van der Waals surface area contributed by atoms with E-state index in [0.717, 1.165) is 0 Å². The predicted molar refractivity (Wildman–Crippen MR) is 80.0 cm³/mol. The molecule has 0 aliphatic carbocycles. The summed E-state index contributed by atoms with van der Waals surface area (Å²) < 4.78 is 28.6. The van der Waals surface area contributed by atoms with Gasteiger partial charge >= 0.3 is 0 Å². The van der Waals surface area contributed by atoms with Crippen LogP contribution in [0.2, 0.25) is 5.02 Å². The molecule has 6 heteroatoms. The molecule has 0 saturated heterocycles. The first-order valence-corrected chi connectivity index (χ1v) is 8.44. The average Bonchev–Trinajstić information content (AvgIpc) is 2.27. The average molecular weight is 325 g/mol. The molecule has 108 valence electrons. The molecule has 0 amide bonds. The highest BCUT2D eigenvalue weighted by Gasteiger charge is 2.28. The Morgan fingerprint density at radius 1 is 1.26 bits per heavy atom. The number of halogens is 2. The van der Waals surface area contributed by atoms with E-state index in [2.05, 4.69) is 0 Å². The summed E-state index contributed by atoms with van der Waals surface area (Å²) in [5.74, 6) is 0.720. The number of hydrogen-bond acceptors (Lipinski definition) is 3. The van der Waals surface area contributed by atoms with Gasteiger partial charge in [-0.1, -0.05) is 17.7 Å². The summed E-state index contributed by atoms with van der Waals surface area (Å²) in [5, 5.41) is 0.520. The highest BCUT2D eigenvalue weighted by Crippen LogP contribution is 2.28. The molecular weight excluding hydrogens is 307 g/mol. The first kappa shape index (κ1) is 16.6. The molecule has 0 unspecified atom stereocenters. The minimum atomic E-state index is -3.19. The zero-order valence-electron chi connectivity index (χ0n) is 11.2. The van der Waals surface area contributed by atoms with Crippen LogP contribution in [0.5, 0.6) is 5.75 Å². The van der Waals surface area contributed by atoms with Crippen molar-refractivity contribution in [2.24, 2.45) is 0 Å². The van der Waals surface area contributed by atoms with Crippen molar-refractivity contribution >= 4 is 33.0 Å². The molecule has 0 bridgehead atoms. The van der Waals surface area contributed by atoms with Crippen LogP contribution in [0.15, 0.2) is 18.2 Å². The highest BCUT2D eigenvalue weighted by molar-refractivity contribution is 7.92. The van der Waals surface area contributed by atoms with Crippen molar-refractivity contribution in [1.82, 2.24) is 0 Å². The van der Waals surface area contributed by atoms with Gasteiger partial charge in [-0.15, -0.1) is 11.6 Å². The smallest absolute Gasteiger partial charge is 0.158 e. The Kier molecular flexibility index (Phi) is 5.53. The number of hydrogen-bond donors (Lipinski definition) is 0. The zero-order chi connectivity index (χ0) is 14.7. The maximum absolute atomic E-state index is 11.9. The summed E-state index contributed by atoms with van der Waals surface area (Å²) in [7, 11) is -3.19. The van der Waals surface area contributed by atoms with E-state index in [1.165, 1.54) is 0 Å². The second-order valence-corrected chi connectivity index (χ2v) is 8.67. The first-order valence-electron chi connectivity index (χ1n) is 5.87. The van der Waals surface area contributed by atoms with E-state index < -0.39 is 14.6 Å². The van der Waals surface area contributed by atoms with Gasteiger partial charge in [-0.05, 0) is 32.9 Å². The Balaban J connectivity index is 2.72. The van der Waals surface area contributed by atoms with Crippen molar-refractivity contribution in [2.75, 3.05) is 12.4 Å². The maximum Gasteiger partial charge on any atom is 0.158 e. The van der Waals surface area contributed by atoms with Gasteiger partial charge in [0.05, 0.1) is 16.4 Å². The van der Waals surface area contributed by atoms with Crippen LogP contribution in [-0.2, 0) is 15.7 Å². The third kappa shape index (κ3) is 4.26. The summed E-state index contributed by atoms with van der Waals surface area (Å²) in [6, 6.07) is 5.19. The van der Waals surface area contributed by atoms with Crippen molar-refractivity contribution in [3.63, 3.8) is 0 Å². The largest absolute Gasteiger partial charge is 0.492 e. The SMILES string of the molecule is CC(C)(C)S(=O)(=O)CCOc1cccc(Cl)c1CCl. The van der Waals surface area contributed by atoms with Gasteiger partial charge in [-0.25, -0.2) is 8.42 Å². The molecule has 0 aliphatic heterocycles. The Hall–Kier alpha value is -0.450. The number of ether oxygens (including phenoxy) is 1. The van der Waals surface area contributed by atoms with E-state index >= 15 is 0 Å². The van der Waals surface area contributed by atoms with Gasteiger partial charge in [0.15, 0.2) is 9.84 Å². The van der Waals surface area contributed by atoms with Gasteiger partial charge in [0.1, 0.15) is 12.4 Å². The van der Waals surface area contributed by atoms with E-state index in [9.17, 15) is 8.42 Å². The molecule has 0 atom stereocenters. The molecule has 0 saturated carbocycles. The summed E-state index contributed by atoms with van der Waals surface area (Å²) >= 11 is 11.8. The summed E-state index contributed by atoms with van der Waals surface area (Å²) in [4.78, 5) is 0. The number of alkyl halides is 1. The fourth-order valence-corrected chi connectivity index (χ4v) is 2.86. The number of rotatable bonds is 5. The molecule has 0 aromatic heterocycles. The topological polar surface area (TPSA) is 43.4 Å². The van der Waals surface area contributed by atoms with Gasteiger partial charge < -0.3 is 4.74 Å². The highest BCUT2D eigenvalue weighted by atomic mass is 35.5. The van der Waals surface area contributed by atoms with Crippen molar-refractivity contribution in [2.45, 2.75) is 31.4 Å². The lowest BCUT2D eigenvalue weighted by molar-refractivity contribution is 0.337. The minimum absolute atomic E-state index is 0.0370. The number of benzene rings is 1. The quantitative estimate of drug-likeness (QED) is 0.776. The Morgan fingerprint density at radius 3 is 2.42 bits per heavy atom. The van der Waals surface area contributed by atoms with Gasteiger partial charge in [0.2, 0.25) is 0 Å². The Labute approximate surface area is 124 Å². The third-order valence-corrected chi connectivity index (χ3v) is 5.94. The van der Waals surface area contributed by atoms with Crippen LogP contribution in [0.1, 0.15) is 26.3 Å². The summed E-state index contributed by atoms with van der Waals surface area (Å²) in [6.45, 7) is 5.10. The standard InChI is InChI=1S/C13H18Cl2O3S/c1-13(2,3)19(16,17)8-7-18-12-6-4-5-11(15)10(12)9-14/h4-6H,7-9H2,1-3H3. The first-order chi connectivity index (χ1) is 8.69. The Morgan fingerprint density at radius 2 is 1.89 bits per heavy atom. The zero-order valence-corrected chi connectivity index (χ0v) is 13.6. The van der Waals surface area contributed by atoms with Gasteiger partial charge in [0, 0.05) is 10.6 Å². The maximum atomic E-state index is 11.9. The van der Waals surface area contributed by atoms with E-state index in [1.807, 2.05) is 0 Å². The van der Waals surface area contributed by atoms with Crippen LogP contribution in [-0.4, -0.2) is 25.5 Å². The Bertz CT molecular complexity index is 533. The second-order valence-electron chi connectivity index (χ2n) is 5.13. The number of sulfone groups is 1. The fraction of sp³-hybridized carbons (Fsp3) is 0.538.